The van der Waals surface area contributed by atoms with E-state index in [4.69, 9.17) is 4.74 Å². The quantitative estimate of drug-likeness (QED) is 0.362. The molecule has 158 valence electrons. The first-order valence-corrected chi connectivity index (χ1v) is 10.4. The van der Waals surface area contributed by atoms with Gasteiger partial charge in [-0.05, 0) is 44.2 Å². The standard InChI is InChI=1S/C19H31N5O2S.HI/c1-19(2,3)26-18(25)24-12-15(13-24)22-17(20-4)21-7-9-23-8-5-16-14(11-23)6-10-27-16;/h6,10,15H,5,7-9,11-13H2,1-4H3,(H2,20,21,22);1H. The molecular formula is C19H32IN5O2S. The van der Waals surface area contributed by atoms with Crippen molar-refractivity contribution in [3.8, 4) is 0 Å². The number of hydrogen-bond donors (Lipinski definition) is 2. The lowest BCUT2D eigenvalue weighted by molar-refractivity contribution is 0.00701. The molecule has 3 rings (SSSR count). The van der Waals surface area contributed by atoms with Crippen molar-refractivity contribution in [2.24, 2.45) is 4.99 Å². The highest BCUT2D eigenvalue weighted by atomic mass is 127. The van der Waals surface area contributed by atoms with Crippen LogP contribution in [0.1, 0.15) is 31.2 Å². The number of likely N-dealkylation sites (tertiary alicyclic amines) is 1. The molecule has 0 bridgehead atoms. The molecule has 0 aromatic carbocycles. The molecule has 3 heterocycles. The SMILES string of the molecule is CN=C(NCCN1CCc2sccc2C1)NC1CN(C(=O)OC(C)(C)C)C1.I. The van der Waals surface area contributed by atoms with Gasteiger partial charge in [-0.25, -0.2) is 4.79 Å². The van der Waals surface area contributed by atoms with E-state index in [2.05, 4.69) is 32.0 Å². The summed E-state index contributed by atoms with van der Waals surface area (Å²) >= 11 is 1.87. The molecule has 2 aliphatic heterocycles. The molecule has 2 aliphatic rings. The van der Waals surface area contributed by atoms with Gasteiger partial charge in [0.2, 0.25) is 0 Å². The summed E-state index contributed by atoms with van der Waals surface area (Å²) in [6.07, 6.45) is 0.907. The van der Waals surface area contributed by atoms with Crippen LogP contribution in [0.5, 0.6) is 0 Å². The van der Waals surface area contributed by atoms with Gasteiger partial charge < -0.3 is 20.3 Å². The van der Waals surface area contributed by atoms with Crippen molar-refractivity contribution in [1.82, 2.24) is 20.4 Å². The van der Waals surface area contributed by atoms with Crippen LogP contribution in [0.2, 0.25) is 0 Å². The zero-order valence-corrected chi connectivity index (χ0v) is 20.3. The molecule has 0 atom stereocenters. The molecule has 1 fully saturated rings. The summed E-state index contributed by atoms with van der Waals surface area (Å²) in [4.78, 5) is 22.0. The van der Waals surface area contributed by atoms with Crippen molar-refractivity contribution in [3.05, 3.63) is 21.9 Å². The number of carbonyl (C=O) groups excluding carboxylic acids is 1. The first-order valence-electron chi connectivity index (χ1n) is 9.57. The monoisotopic (exact) mass is 521 g/mol. The van der Waals surface area contributed by atoms with Crippen LogP contribution in [0, 0.1) is 0 Å². The van der Waals surface area contributed by atoms with Crippen molar-refractivity contribution >= 4 is 47.4 Å². The van der Waals surface area contributed by atoms with Crippen LogP contribution < -0.4 is 10.6 Å². The zero-order chi connectivity index (χ0) is 19.4. The van der Waals surface area contributed by atoms with E-state index in [0.717, 1.165) is 38.6 Å². The third-order valence-corrected chi connectivity index (χ3v) is 5.73. The fourth-order valence-electron chi connectivity index (χ4n) is 3.26. The number of ether oxygens (including phenoxy) is 1. The number of nitrogens with one attached hydrogen (secondary N) is 2. The normalized spacial score (nSPS) is 18.0. The molecule has 1 aromatic rings. The second-order valence-corrected chi connectivity index (χ2v) is 9.12. The van der Waals surface area contributed by atoms with E-state index in [1.54, 1.807) is 11.9 Å². The van der Waals surface area contributed by atoms with Crippen LogP contribution in [0.15, 0.2) is 16.4 Å². The average molecular weight is 521 g/mol. The van der Waals surface area contributed by atoms with E-state index in [-0.39, 0.29) is 36.1 Å². The van der Waals surface area contributed by atoms with Gasteiger partial charge in [0.05, 0.1) is 6.04 Å². The van der Waals surface area contributed by atoms with Crippen LogP contribution in [-0.4, -0.2) is 73.3 Å². The first-order chi connectivity index (χ1) is 12.8. The lowest BCUT2D eigenvalue weighted by Gasteiger charge is -2.40. The molecule has 0 unspecified atom stereocenters. The van der Waals surface area contributed by atoms with Gasteiger partial charge in [0.25, 0.3) is 0 Å². The third kappa shape index (κ3) is 6.48. The van der Waals surface area contributed by atoms with Crippen molar-refractivity contribution < 1.29 is 9.53 Å². The molecular weight excluding hydrogens is 489 g/mol. The maximum atomic E-state index is 12.0. The topological polar surface area (TPSA) is 69.2 Å². The van der Waals surface area contributed by atoms with E-state index in [1.807, 2.05) is 32.1 Å². The number of fused-ring (bicyclic) bond motifs is 1. The second kappa shape index (κ2) is 10.1. The summed E-state index contributed by atoms with van der Waals surface area (Å²) in [5.74, 6) is 0.789. The summed E-state index contributed by atoms with van der Waals surface area (Å²) < 4.78 is 5.38. The molecule has 7 nitrogen and oxygen atoms in total. The van der Waals surface area contributed by atoms with Crippen LogP contribution in [-0.2, 0) is 17.7 Å². The van der Waals surface area contributed by atoms with Gasteiger partial charge in [0.15, 0.2) is 5.96 Å². The van der Waals surface area contributed by atoms with Gasteiger partial charge >= 0.3 is 6.09 Å². The van der Waals surface area contributed by atoms with Gasteiger partial charge in [0, 0.05) is 51.2 Å². The van der Waals surface area contributed by atoms with Crippen LogP contribution >= 0.6 is 35.3 Å². The first kappa shape index (κ1) is 23.2. The van der Waals surface area contributed by atoms with Crippen molar-refractivity contribution in [2.45, 2.75) is 45.4 Å². The Kier molecular flexibility index (Phi) is 8.38. The maximum absolute atomic E-state index is 12.0. The Morgan fingerprint density at radius 2 is 2.14 bits per heavy atom. The smallest absolute Gasteiger partial charge is 0.410 e. The number of nitrogens with zero attached hydrogens (tertiary/aromatic N) is 3. The van der Waals surface area contributed by atoms with Gasteiger partial charge in [-0.15, -0.1) is 35.3 Å². The summed E-state index contributed by atoms with van der Waals surface area (Å²) in [7, 11) is 1.78. The minimum Gasteiger partial charge on any atom is -0.444 e. The molecule has 28 heavy (non-hydrogen) atoms. The number of guanidine groups is 1. The van der Waals surface area contributed by atoms with Gasteiger partial charge in [-0.2, -0.15) is 0 Å². The molecule has 9 heteroatoms. The molecule has 0 spiro atoms. The Balaban J connectivity index is 0.00000280. The van der Waals surface area contributed by atoms with E-state index in [0.29, 0.717) is 13.1 Å². The fourth-order valence-corrected chi connectivity index (χ4v) is 4.15. The lowest BCUT2D eigenvalue weighted by Crippen LogP contribution is -2.63. The van der Waals surface area contributed by atoms with Gasteiger partial charge in [-0.3, -0.25) is 9.89 Å². The highest BCUT2D eigenvalue weighted by Gasteiger charge is 2.34. The van der Waals surface area contributed by atoms with E-state index in [9.17, 15) is 4.79 Å². The van der Waals surface area contributed by atoms with Crippen LogP contribution in [0.3, 0.4) is 0 Å². The Labute approximate surface area is 188 Å². The minimum atomic E-state index is -0.453. The molecule has 0 saturated carbocycles. The lowest BCUT2D eigenvalue weighted by atomic mass is 10.1. The third-order valence-electron chi connectivity index (χ3n) is 4.70. The average Bonchev–Trinajstić information content (AvgIpc) is 3.01. The molecule has 1 aromatic heterocycles. The largest absolute Gasteiger partial charge is 0.444 e. The number of amides is 1. The summed E-state index contributed by atoms with van der Waals surface area (Å²) in [6, 6.07) is 2.46. The Morgan fingerprint density at radius 3 is 2.82 bits per heavy atom. The van der Waals surface area contributed by atoms with Crippen molar-refractivity contribution in [2.75, 3.05) is 39.8 Å². The number of rotatable bonds is 4. The molecule has 2 N–H and O–H groups in total. The number of aliphatic imine (C=N–C) groups is 1. The van der Waals surface area contributed by atoms with Crippen LogP contribution in [0.25, 0.3) is 0 Å². The molecule has 1 saturated heterocycles. The number of hydrogen-bond acceptors (Lipinski definition) is 5. The highest BCUT2D eigenvalue weighted by molar-refractivity contribution is 14.0. The second-order valence-electron chi connectivity index (χ2n) is 8.12. The molecule has 1 amide bonds. The summed E-state index contributed by atoms with van der Waals surface area (Å²) in [5, 5.41) is 8.95. The van der Waals surface area contributed by atoms with E-state index < -0.39 is 5.60 Å². The van der Waals surface area contributed by atoms with E-state index in [1.165, 1.54) is 10.4 Å². The van der Waals surface area contributed by atoms with Gasteiger partial charge in [0.1, 0.15) is 5.60 Å². The predicted octanol–water partition coefficient (Wildman–Crippen LogP) is 2.51. The fraction of sp³-hybridized carbons (Fsp3) is 0.684. The molecule has 0 aliphatic carbocycles. The zero-order valence-electron chi connectivity index (χ0n) is 17.2. The number of carbonyl (C=O) groups is 1. The summed E-state index contributed by atoms with van der Waals surface area (Å²) in [5.41, 5.74) is 1.02. The number of thiophene rings is 1. The Bertz CT molecular complexity index is 682. The minimum absolute atomic E-state index is 0. The highest BCUT2D eigenvalue weighted by Crippen LogP contribution is 2.23. The Morgan fingerprint density at radius 1 is 1.39 bits per heavy atom. The predicted molar refractivity (Wildman–Crippen MR) is 125 cm³/mol. The summed E-state index contributed by atoms with van der Waals surface area (Å²) in [6.45, 7) is 10.9. The van der Waals surface area contributed by atoms with E-state index >= 15 is 0 Å². The van der Waals surface area contributed by atoms with Crippen LogP contribution in [0.4, 0.5) is 4.79 Å². The Hall–Kier alpha value is -1.07. The van der Waals surface area contributed by atoms with Crippen molar-refractivity contribution in [3.63, 3.8) is 0 Å². The maximum Gasteiger partial charge on any atom is 0.410 e. The molecule has 0 radical (unpaired) electrons. The van der Waals surface area contributed by atoms with Gasteiger partial charge in [-0.1, -0.05) is 0 Å². The number of halogens is 1. The van der Waals surface area contributed by atoms with Crippen molar-refractivity contribution in [1.29, 1.82) is 0 Å².